The van der Waals surface area contributed by atoms with Gasteiger partial charge in [-0.3, -0.25) is 4.79 Å². The fraction of sp³-hybridized carbons (Fsp3) is 0.500. The largest absolute Gasteiger partial charge is 0.481 e. The van der Waals surface area contributed by atoms with Crippen molar-refractivity contribution >= 4 is 29.1 Å². The lowest BCUT2D eigenvalue weighted by Gasteiger charge is -2.35. The average molecular weight is 429 g/mol. The summed E-state index contributed by atoms with van der Waals surface area (Å²) in [4.78, 5) is 24.2. The van der Waals surface area contributed by atoms with Crippen LogP contribution in [0.25, 0.3) is 0 Å². The molecule has 0 radical (unpaired) electrons. The molecule has 31 heavy (non-hydrogen) atoms. The average Bonchev–Trinajstić information content (AvgIpc) is 3.21. The summed E-state index contributed by atoms with van der Waals surface area (Å²) in [5.41, 5.74) is 3.20. The van der Waals surface area contributed by atoms with Gasteiger partial charge in [-0.05, 0) is 57.0 Å². The van der Waals surface area contributed by atoms with Crippen LogP contribution in [0.15, 0.2) is 24.4 Å². The van der Waals surface area contributed by atoms with Crippen LogP contribution in [0.4, 0.5) is 27.5 Å². The van der Waals surface area contributed by atoms with E-state index < -0.39 is 11.8 Å². The summed E-state index contributed by atoms with van der Waals surface area (Å²) in [6.07, 6.45) is 2.86. The van der Waals surface area contributed by atoms with E-state index in [0.717, 1.165) is 43.6 Å². The van der Waals surface area contributed by atoms with Gasteiger partial charge in [0.1, 0.15) is 0 Å². The van der Waals surface area contributed by atoms with Crippen LogP contribution in [0.5, 0.6) is 0 Å². The van der Waals surface area contributed by atoms with Crippen LogP contribution in [0.3, 0.4) is 0 Å². The van der Waals surface area contributed by atoms with Crippen molar-refractivity contribution in [2.75, 3.05) is 48.8 Å². The lowest BCUT2D eigenvalue weighted by molar-refractivity contribution is -0.141. The summed E-state index contributed by atoms with van der Waals surface area (Å²) in [6, 6.07) is 6.01. The first-order valence-corrected chi connectivity index (χ1v) is 10.7. The molecule has 3 N–H and O–H groups in total. The van der Waals surface area contributed by atoms with Crippen molar-refractivity contribution in [1.82, 2.24) is 14.9 Å². The first-order valence-electron chi connectivity index (χ1n) is 10.7. The molecule has 8 nitrogen and oxygen atoms in total. The van der Waals surface area contributed by atoms with Gasteiger partial charge in [0.2, 0.25) is 5.95 Å². The maximum Gasteiger partial charge on any atom is 0.306 e. The van der Waals surface area contributed by atoms with E-state index in [-0.39, 0.29) is 17.8 Å². The normalized spacial score (nSPS) is 21.8. The number of nitrogens with zero attached hydrogens (tertiary/aromatic N) is 4. The third-order valence-corrected chi connectivity index (χ3v) is 6.16. The van der Waals surface area contributed by atoms with Gasteiger partial charge in [0, 0.05) is 43.6 Å². The number of aliphatic carboxylic acids is 1. The second-order valence-electron chi connectivity index (χ2n) is 8.50. The standard InChI is InChI=1S/C22H29FN6O2/c1-14-11-16(5-6-19(14)29-9-7-28(2)8-10-29)26-22-24-13-18(23)20(27-22)25-17-4-3-15(12-17)21(30)31/h5-6,11,13,15,17H,3-4,7-10,12H2,1-2H3,(H,30,31)(H2,24,25,26,27). The Balaban J connectivity index is 1.43. The minimum absolute atomic E-state index is 0.0966. The fourth-order valence-corrected chi connectivity index (χ4v) is 4.32. The van der Waals surface area contributed by atoms with E-state index in [9.17, 15) is 9.18 Å². The number of aryl methyl sites for hydroxylation is 1. The van der Waals surface area contributed by atoms with Crippen LogP contribution in [-0.2, 0) is 4.79 Å². The van der Waals surface area contributed by atoms with Crippen molar-refractivity contribution in [2.45, 2.75) is 32.2 Å². The molecular weight excluding hydrogens is 399 g/mol. The Bertz CT molecular complexity index is 948. The summed E-state index contributed by atoms with van der Waals surface area (Å²) in [7, 11) is 2.14. The predicted octanol–water partition coefficient (Wildman–Crippen LogP) is 3.08. The molecule has 9 heteroatoms. The number of carboxylic acid groups (broad SMARTS) is 1. The molecule has 1 saturated carbocycles. The molecule has 0 amide bonds. The summed E-state index contributed by atoms with van der Waals surface area (Å²) < 4.78 is 14.2. The fourth-order valence-electron chi connectivity index (χ4n) is 4.32. The number of halogens is 1. The van der Waals surface area contributed by atoms with Gasteiger partial charge >= 0.3 is 5.97 Å². The van der Waals surface area contributed by atoms with Crippen molar-refractivity contribution in [1.29, 1.82) is 0 Å². The number of benzene rings is 1. The van der Waals surface area contributed by atoms with Crippen LogP contribution in [0.1, 0.15) is 24.8 Å². The van der Waals surface area contributed by atoms with Gasteiger partial charge in [-0.25, -0.2) is 9.37 Å². The van der Waals surface area contributed by atoms with Gasteiger partial charge in [-0.2, -0.15) is 4.98 Å². The van der Waals surface area contributed by atoms with E-state index in [0.29, 0.717) is 25.2 Å². The molecule has 1 aromatic carbocycles. The zero-order chi connectivity index (χ0) is 22.0. The van der Waals surface area contributed by atoms with Crippen LogP contribution in [0, 0.1) is 18.7 Å². The maximum absolute atomic E-state index is 14.2. The third kappa shape index (κ3) is 5.04. The molecule has 1 aliphatic heterocycles. The van der Waals surface area contributed by atoms with Crippen molar-refractivity contribution in [3.05, 3.63) is 35.8 Å². The number of piperazine rings is 1. The molecule has 1 saturated heterocycles. The second kappa shape index (κ2) is 9.05. The van der Waals surface area contributed by atoms with Gasteiger partial charge in [0.15, 0.2) is 11.6 Å². The molecule has 2 aromatic rings. The number of hydrogen-bond acceptors (Lipinski definition) is 7. The van der Waals surface area contributed by atoms with E-state index in [4.69, 9.17) is 5.11 Å². The van der Waals surface area contributed by atoms with Gasteiger partial charge < -0.3 is 25.5 Å². The van der Waals surface area contributed by atoms with E-state index in [2.05, 4.69) is 50.4 Å². The van der Waals surface area contributed by atoms with E-state index in [1.807, 2.05) is 12.1 Å². The van der Waals surface area contributed by atoms with Gasteiger partial charge in [0.25, 0.3) is 0 Å². The van der Waals surface area contributed by atoms with Crippen LogP contribution in [-0.4, -0.2) is 65.2 Å². The molecule has 166 valence electrons. The molecule has 2 unspecified atom stereocenters. The zero-order valence-electron chi connectivity index (χ0n) is 17.9. The van der Waals surface area contributed by atoms with Crippen LogP contribution in [0.2, 0.25) is 0 Å². The number of nitrogens with one attached hydrogen (secondary N) is 2. The van der Waals surface area contributed by atoms with Crippen molar-refractivity contribution in [3.63, 3.8) is 0 Å². The Kier molecular flexibility index (Phi) is 6.22. The van der Waals surface area contributed by atoms with Crippen LogP contribution >= 0.6 is 0 Å². The number of carbonyl (C=O) groups is 1. The number of aromatic nitrogens is 2. The molecule has 0 bridgehead atoms. The molecule has 2 fully saturated rings. The predicted molar refractivity (Wildman–Crippen MR) is 119 cm³/mol. The Morgan fingerprint density at radius 3 is 2.68 bits per heavy atom. The minimum Gasteiger partial charge on any atom is -0.481 e. The number of carboxylic acids is 1. The number of likely N-dealkylation sites (N-methyl/N-ethyl adjacent to an activating group) is 1. The van der Waals surface area contributed by atoms with E-state index >= 15 is 0 Å². The third-order valence-electron chi connectivity index (χ3n) is 6.16. The Hall–Kier alpha value is -2.94. The minimum atomic E-state index is -0.801. The second-order valence-corrected chi connectivity index (χ2v) is 8.50. The van der Waals surface area contributed by atoms with E-state index in [1.165, 1.54) is 5.69 Å². The molecule has 4 rings (SSSR count). The number of anilines is 4. The molecule has 1 aliphatic carbocycles. The highest BCUT2D eigenvalue weighted by molar-refractivity contribution is 5.70. The zero-order valence-corrected chi connectivity index (χ0v) is 17.9. The van der Waals surface area contributed by atoms with E-state index in [1.54, 1.807) is 0 Å². The molecule has 2 heterocycles. The lowest BCUT2D eigenvalue weighted by Crippen LogP contribution is -2.44. The molecule has 0 spiro atoms. The maximum atomic E-state index is 14.2. The quantitative estimate of drug-likeness (QED) is 0.646. The topological polar surface area (TPSA) is 93.6 Å². The molecular formula is C22H29FN6O2. The van der Waals surface area contributed by atoms with Gasteiger partial charge in [-0.1, -0.05) is 0 Å². The van der Waals surface area contributed by atoms with Crippen molar-refractivity contribution in [3.8, 4) is 0 Å². The first-order chi connectivity index (χ1) is 14.9. The molecule has 2 aliphatic rings. The summed E-state index contributed by atoms with van der Waals surface area (Å²) in [6.45, 7) is 6.18. The monoisotopic (exact) mass is 428 g/mol. The summed E-state index contributed by atoms with van der Waals surface area (Å²) in [5.74, 6) is -1.35. The highest BCUT2D eigenvalue weighted by Gasteiger charge is 2.30. The van der Waals surface area contributed by atoms with Gasteiger partial charge in [0.05, 0.1) is 12.1 Å². The number of rotatable bonds is 6. The highest BCUT2D eigenvalue weighted by atomic mass is 19.1. The molecule has 1 aromatic heterocycles. The van der Waals surface area contributed by atoms with Gasteiger partial charge in [-0.15, -0.1) is 0 Å². The van der Waals surface area contributed by atoms with Crippen molar-refractivity contribution < 1.29 is 14.3 Å². The Morgan fingerprint density at radius 2 is 2.00 bits per heavy atom. The number of hydrogen-bond donors (Lipinski definition) is 3. The summed E-state index contributed by atoms with van der Waals surface area (Å²) >= 11 is 0. The lowest BCUT2D eigenvalue weighted by atomic mass is 10.1. The van der Waals surface area contributed by atoms with Crippen molar-refractivity contribution in [2.24, 2.45) is 5.92 Å². The first kappa shape index (κ1) is 21.3. The summed E-state index contributed by atoms with van der Waals surface area (Å²) in [5, 5.41) is 15.4. The Labute approximate surface area is 181 Å². The molecule has 2 atom stereocenters. The Morgan fingerprint density at radius 1 is 1.23 bits per heavy atom. The van der Waals surface area contributed by atoms with Crippen LogP contribution < -0.4 is 15.5 Å². The SMILES string of the molecule is Cc1cc(Nc2ncc(F)c(NC3CCC(C(=O)O)C3)n2)ccc1N1CCN(C)CC1. The highest BCUT2D eigenvalue weighted by Crippen LogP contribution is 2.29. The smallest absolute Gasteiger partial charge is 0.306 e.